The largest absolute Gasteiger partial charge is 0.354 e. The molecule has 0 saturated carbocycles. The van der Waals surface area contributed by atoms with Crippen LogP contribution < -0.4 is 4.90 Å². The predicted octanol–water partition coefficient (Wildman–Crippen LogP) is 5.61. The van der Waals surface area contributed by atoms with Crippen molar-refractivity contribution < 1.29 is 9.18 Å². The van der Waals surface area contributed by atoms with Gasteiger partial charge in [0.2, 0.25) is 5.91 Å². The number of aromatic nitrogens is 2. The number of hydrogen-bond acceptors (Lipinski definition) is 4. The van der Waals surface area contributed by atoms with Gasteiger partial charge in [0.15, 0.2) is 0 Å². The molecule has 1 aliphatic rings. The first-order chi connectivity index (χ1) is 16.0. The first kappa shape index (κ1) is 25.1. The van der Waals surface area contributed by atoms with Crippen LogP contribution in [0.25, 0.3) is 0 Å². The summed E-state index contributed by atoms with van der Waals surface area (Å²) in [6, 6.07) is 6.73. The molecule has 1 fully saturated rings. The molecular weight excluding hydrogens is 415 g/mol. The quantitative estimate of drug-likeness (QED) is 0.438. The van der Waals surface area contributed by atoms with E-state index >= 15 is 0 Å². The van der Waals surface area contributed by atoms with Crippen molar-refractivity contribution in [1.82, 2.24) is 14.9 Å². The summed E-state index contributed by atoms with van der Waals surface area (Å²) < 4.78 is 13.7. The molecule has 0 unspecified atom stereocenters. The van der Waals surface area contributed by atoms with E-state index in [4.69, 9.17) is 4.98 Å². The Morgan fingerprint density at radius 1 is 1.00 bits per heavy atom. The second-order valence-electron chi connectivity index (χ2n) is 9.20. The van der Waals surface area contributed by atoms with Crippen molar-refractivity contribution >= 4 is 11.7 Å². The molecule has 180 valence electrons. The number of carbonyl (C=O) groups is 1. The molecule has 0 N–H and O–H groups in total. The minimum Gasteiger partial charge on any atom is -0.354 e. The lowest BCUT2D eigenvalue weighted by Crippen LogP contribution is -2.35. The average molecular weight is 455 g/mol. The fourth-order valence-corrected chi connectivity index (χ4v) is 4.63. The molecule has 0 aliphatic carbocycles. The van der Waals surface area contributed by atoms with Crippen LogP contribution in [-0.4, -0.2) is 47.0 Å². The highest BCUT2D eigenvalue weighted by Gasteiger charge is 2.23. The summed E-state index contributed by atoms with van der Waals surface area (Å²) in [6.07, 6.45) is 9.36. The zero-order chi connectivity index (χ0) is 23.6. The number of benzene rings is 1. The van der Waals surface area contributed by atoms with Crippen molar-refractivity contribution in [2.24, 2.45) is 0 Å². The van der Waals surface area contributed by atoms with Gasteiger partial charge in [0.1, 0.15) is 17.5 Å². The van der Waals surface area contributed by atoms with Crippen LogP contribution in [0.4, 0.5) is 10.2 Å². The molecule has 0 atom stereocenters. The van der Waals surface area contributed by atoms with Gasteiger partial charge >= 0.3 is 0 Å². The highest BCUT2D eigenvalue weighted by atomic mass is 19.1. The van der Waals surface area contributed by atoms with Crippen LogP contribution >= 0.6 is 0 Å². The van der Waals surface area contributed by atoms with E-state index in [0.29, 0.717) is 12.8 Å². The van der Waals surface area contributed by atoms with Gasteiger partial charge in [-0.05, 0) is 44.4 Å². The highest BCUT2D eigenvalue weighted by molar-refractivity contribution is 5.76. The van der Waals surface area contributed by atoms with Gasteiger partial charge in [0, 0.05) is 50.3 Å². The fourth-order valence-electron chi connectivity index (χ4n) is 4.63. The number of halogens is 1. The van der Waals surface area contributed by atoms with E-state index in [2.05, 4.69) is 16.8 Å². The molecule has 33 heavy (non-hydrogen) atoms. The van der Waals surface area contributed by atoms with Gasteiger partial charge in [-0.1, -0.05) is 51.2 Å². The second-order valence-corrected chi connectivity index (χ2v) is 9.20. The summed E-state index contributed by atoms with van der Waals surface area (Å²) in [5.74, 6) is 1.72. The molecule has 0 bridgehead atoms. The molecule has 1 aliphatic heterocycles. The third kappa shape index (κ3) is 7.51. The van der Waals surface area contributed by atoms with Crippen LogP contribution in [-0.2, 0) is 11.2 Å². The number of nitrogens with zero attached hydrogens (tertiary/aromatic N) is 4. The van der Waals surface area contributed by atoms with Gasteiger partial charge in [0.05, 0.1) is 0 Å². The van der Waals surface area contributed by atoms with Crippen molar-refractivity contribution in [3.63, 3.8) is 0 Å². The van der Waals surface area contributed by atoms with Crippen molar-refractivity contribution in [1.29, 1.82) is 0 Å². The van der Waals surface area contributed by atoms with Gasteiger partial charge in [-0.3, -0.25) is 4.79 Å². The number of unbranched alkanes of at least 4 members (excludes halogenated alkanes) is 5. The zero-order valence-corrected chi connectivity index (χ0v) is 20.6. The third-order valence-corrected chi connectivity index (χ3v) is 6.47. The maximum absolute atomic E-state index is 13.7. The Morgan fingerprint density at radius 2 is 1.79 bits per heavy atom. The molecule has 1 aromatic carbocycles. The maximum atomic E-state index is 13.7. The lowest BCUT2D eigenvalue weighted by Gasteiger charge is -2.26. The Balaban J connectivity index is 1.64. The van der Waals surface area contributed by atoms with Gasteiger partial charge < -0.3 is 9.80 Å². The standard InChI is InChI=1S/C27H39FN4O/c1-4-5-6-7-8-9-14-26(33)31-15-11-16-32(18-17-31)27-25(21(2)29-22(3)30-27)20-23-12-10-13-24(28)19-23/h10,12-13,19H,4-9,11,14-18,20H2,1-3H3. The number of carbonyl (C=O) groups excluding carboxylic acids is 1. The number of anilines is 1. The van der Waals surface area contributed by atoms with Crippen LogP contribution in [0.15, 0.2) is 24.3 Å². The Bertz CT molecular complexity index is 917. The van der Waals surface area contributed by atoms with Crippen molar-refractivity contribution in [2.45, 2.75) is 78.6 Å². The number of hydrogen-bond donors (Lipinski definition) is 0. The fraction of sp³-hybridized carbons (Fsp3) is 0.593. The van der Waals surface area contributed by atoms with Crippen LogP contribution in [0.3, 0.4) is 0 Å². The topological polar surface area (TPSA) is 49.3 Å². The van der Waals surface area contributed by atoms with E-state index in [9.17, 15) is 9.18 Å². The van der Waals surface area contributed by atoms with Gasteiger partial charge in [0.25, 0.3) is 0 Å². The van der Waals surface area contributed by atoms with E-state index in [-0.39, 0.29) is 11.7 Å². The van der Waals surface area contributed by atoms with Crippen molar-refractivity contribution in [2.75, 3.05) is 31.1 Å². The molecular formula is C27H39FN4O. The average Bonchev–Trinajstić information content (AvgIpc) is 3.04. The van der Waals surface area contributed by atoms with E-state index in [1.54, 1.807) is 12.1 Å². The van der Waals surface area contributed by atoms with E-state index in [1.165, 1.54) is 31.7 Å². The molecule has 1 aromatic heterocycles. The van der Waals surface area contributed by atoms with E-state index in [0.717, 1.165) is 73.9 Å². The molecule has 1 amide bonds. The molecule has 5 nitrogen and oxygen atoms in total. The van der Waals surface area contributed by atoms with E-state index < -0.39 is 0 Å². The van der Waals surface area contributed by atoms with Crippen molar-refractivity contribution in [3.05, 3.63) is 52.7 Å². The minimum absolute atomic E-state index is 0.228. The van der Waals surface area contributed by atoms with Crippen LogP contribution in [0.1, 0.15) is 80.9 Å². The summed E-state index contributed by atoms with van der Waals surface area (Å²) in [5, 5.41) is 0. The molecule has 6 heteroatoms. The smallest absolute Gasteiger partial charge is 0.222 e. The van der Waals surface area contributed by atoms with Crippen LogP contribution in [0, 0.1) is 19.7 Å². The molecule has 0 spiro atoms. The van der Waals surface area contributed by atoms with Gasteiger partial charge in [-0.15, -0.1) is 0 Å². The SMILES string of the molecule is CCCCCCCCC(=O)N1CCCN(c2nc(C)nc(C)c2Cc2cccc(F)c2)CC1. The lowest BCUT2D eigenvalue weighted by atomic mass is 10.0. The third-order valence-electron chi connectivity index (χ3n) is 6.47. The van der Waals surface area contributed by atoms with Crippen molar-refractivity contribution in [3.8, 4) is 0 Å². The molecule has 2 aromatic rings. The summed E-state index contributed by atoms with van der Waals surface area (Å²) in [7, 11) is 0. The molecule has 2 heterocycles. The lowest BCUT2D eigenvalue weighted by molar-refractivity contribution is -0.131. The Kier molecular flexibility index (Phi) is 9.64. The normalized spacial score (nSPS) is 14.4. The molecule has 0 radical (unpaired) electrons. The van der Waals surface area contributed by atoms with Crippen LogP contribution in [0.2, 0.25) is 0 Å². The second kappa shape index (κ2) is 12.7. The summed E-state index contributed by atoms with van der Waals surface area (Å²) in [4.78, 5) is 26.5. The zero-order valence-electron chi connectivity index (χ0n) is 20.6. The highest BCUT2D eigenvalue weighted by Crippen LogP contribution is 2.25. The summed E-state index contributed by atoms with van der Waals surface area (Å²) in [6.45, 7) is 9.27. The number of aryl methyl sites for hydroxylation is 2. The number of rotatable bonds is 10. The summed E-state index contributed by atoms with van der Waals surface area (Å²) in [5.41, 5.74) is 2.89. The predicted molar refractivity (Wildman–Crippen MR) is 132 cm³/mol. The van der Waals surface area contributed by atoms with Crippen LogP contribution in [0.5, 0.6) is 0 Å². The Morgan fingerprint density at radius 3 is 2.58 bits per heavy atom. The monoisotopic (exact) mass is 454 g/mol. The Hall–Kier alpha value is -2.50. The van der Waals surface area contributed by atoms with E-state index in [1.807, 2.05) is 24.8 Å². The van der Waals surface area contributed by atoms with Gasteiger partial charge in [-0.25, -0.2) is 14.4 Å². The summed E-state index contributed by atoms with van der Waals surface area (Å²) >= 11 is 0. The first-order valence-electron chi connectivity index (χ1n) is 12.6. The molecule has 3 rings (SSSR count). The number of amides is 1. The first-order valence-corrected chi connectivity index (χ1v) is 12.6. The molecule has 1 saturated heterocycles. The maximum Gasteiger partial charge on any atom is 0.222 e. The van der Waals surface area contributed by atoms with Gasteiger partial charge in [-0.2, -0.15) is 0 Å². The Labute approximate surface area is 198 Å². The minimum atomic E-state index is -0.228.